The molecule has 26 heavy (non-hydrogen) atoms. The Labute approximate surface area is 156 Å². The topological polar surface area (TPSA) is 65.1 Å². The van der Waals surface area contributed by atoms with E-state index in [-0.39, 0.29) is 11.9 Å². The van der Waals surface area contributed by atoms with Gasteiger partial charge in [-0.3, -0.25) is 9.69 Å². The molecular weight excluding hydrogens is 332 g/mol. The van der Waals surface area contributed by atoms with Gasteiger partial charge in [0, 0.05) is 45.8 Å². The van der Waals surface area contributed by atoms with Gasteiger partial charge in [0.15, 0.2) is 0 Å². The second-order valence-corrected chi connectivity index (χ2v) is 7.35. The van der Waals surface area contributed by atoms with Crippen molar-refractivity contribution in [1.82, 2.24) is 20.0 Å². The van der Waals surface area contributed by atoms with Gasteiger partial charge in [-0.15, -0.1) is 0 Å². The van der Waals surface area contributed by atoms with Crippen LogP contribution in [0.1, 0.15) is 32.1 Å². The fourth-order valence-corrected chi connectivity index (χ4v) is 3.81. The van der Waals surface area contributed by atoms with E-state index in [2.05, 4.69) is 16.3 Å². The Hall–Kier alpha value is -1.60. The summed E-state index contributed by atoms with van der Waals surface area (Å²) in [4.78, 5) is 30.5. The van der Waals surface area contributed by atoms with Crippen molar-refractivity contribution < 1.29 is 14.3 Å². The number of hydrogen-bond donors (Lipinski definition) is 1. The average Bonchev–Trinajstić information content (AvgIpc) is 2.69. The van der Waals surface area contributed by atoms with E-state index in [1.807, 2.05) is 9.80 Å². The predicted octanol–water partition coefficient (Wildman–Crippen LogP) is 1.06. The summed E-state index contributed by atoms with van der Waals surface area (Å²) in [5, 5.41) is 3.04. The van der Waals surface area contributed by atoms with Crippen molar-refractivity contribution in [2.75, 3.05) is 65.6 Å². The number of carbonyl (C=O) groups is 2. The molecule has 2 saturated heterocycles. The summed E-state index contributed by atoms with van der Waals surface area (Å²) in [6.45, 7) is 6.68. The van der Waals surface area contributed by atoms with Crippen molar-refractivity contribution >= 4 is 11.9 Å². The first-order valence-electron chi connectivity index (χ1n) is 10.0. The number of urea groups is 1. The van der Waals surface area contributed by atoms with Gasteiger partial charge in [-0.1, -0.05) is 11.6 Å². The van der Waals surface area contributed by atoms with Crippen LogP contribution in [0, 0.1) is 0 Å². The fraction of sp³-hybridized carbons (Fsp3) is 0.789. The molecule has 7 heteroatoms. The number of nitrogens with one attached hydrogen (secondary N) is 1. The van der Waals surface area contributed by atoms with Gasteiger partial charge in [-0.05, 0) is 32.1 Å². The van der Waals surface area contributed by atoms with Gasteiger partial charge in [0.1, 0.15) is 0 Å². The first-order valence-corrected chi connectivity index (χ1v) is 10.0. The molecule has 0 atom stereocenters. The first kappa shape index (κ1) is 19.2. The van der Waals surface area contributed by atoms with E-state index in [9.17, 15) is 9.59 Å². The highest BCUT2D eigenvalue weighted by molar-refractivity contribution is 5.78. The Morgan fingerprint density at radius 2 is 1.73 bits per heavy atom. The SMILES string of the molecule is O=C(CN1CCN(C(=O)N2CCOCC2)CC1)NCCC1=CCCCC1. The van der Waals surface area contributed by atoms with Gasteiger partial charge in [-0.2, -0.15) is 0 Å². The van der Waals surface area contributed by atoms with Crippen LogP contribution in [-0.4, -0.2) is 92.2 Å². The Bertz CT molecular complexity index is 509. The molecule has 1 aliphatic carbocycles. The van der Waals surface area contributed by atoms with E-state index in [4.69, 9.17) is 4.74 Å². The molecule has 3 aliphatic rings. The molecule has 2 fully saturated rings. The number of piperazine rings is 1. The molecule has 2 heterocycles. The van der Waals surface area contributed by atoms with Gasteiger partial charge < -0.3 is 19.9 Å². The highest BCUT2D eigenvalue weighted by atomic mass is 16.5. The summed E-state index contributed by atoms with van der Waals surface area (Å²) in [5.41, 5.74) is 1.49. The smallest absolute Gasteiger partial charge is 0.320 e. The van der Waals surface area contributed by atoms with Crippen LogP contribution in [0.2, 0.25) is 0 Å². The number of morpholine rings is 1. The predicted molar refractivity (Wildman–Crippen MR) is 100.0 cm³/mol. The van der Waals surface area contributed by atoms with Crippen LogP contribution in [-0.2, 0) is 9.53 Å². The number of allylic oxidation sites excluding steroid dienone is 1. The van der Waals surface area contributed by atoms with Crippen molar-refractivity contribution in [2.45, 2.75) is 32.1 Å². The quantitative estimate of drug-likeness (QED) is 0.741. The lowest BCUT2D eigenvalue weighted by Crippen LogP contribution is -2.55. The van der Waals surface area contributed by atoms with E-state index in [0.717, 1.165) is 26.1 Å². The van der Waals surface area contributed by atoms with Crippen LogP contribution in [0.15, 0.2) is 11.6 Å². The second-order valence-electron chi connectivity index (χ2n) is 7.35. The standard InChI is InChI=1S/C19H32N4O3/c24-18(20-7-6-17-4-2-1-3-5-17)16-21-8-10-22(11-9-21)19(25)23-12-14-26-15-13-23/h4H,1-3,5-16H2,(H,20,24). The molecule has 0 aromatic carbocycles. The summed E-state index contributed by atoms with van der Waals surface area (Å²) in [6, 6.07) is 0.109. The second kappa shape index (κ2) is 9.92. The molecule has 2 aliphatic heterocycles. The Morgan fingerprint density at radius 3 is 2.42 bits per heavy atom. The Morgan fingerprint density at radius 1 is 1.00 bits per heavy atom. The number of hydrogen-bond acceptors (Lipinski definition) is 4. The minimum atomic E-state index is 0.0920. The minimum Gasteiger partial charge on any atom is -0.378 e. The summed E-state index contributed by atoms with van der Waals surface area (Å²) in [5.74, 6) is 0.0920. The molecule has 0 bridgehead atoms. The molecule has 7 nitrogen and oxygen atoms in total. The van der Waals surface area contributed by atoms with Gasteiger partial charge in [0.25, 0.3) is 0 Å². The summed E-state index contributed by atoms with van der Waals surface area (Å²) in [6.07, 6.45) is 8.28. The van der Waals surface area contributed by atoms with Crippen molar-refractivity contribution in [3.05, 3.63) is 11.6 Å². The molecule has 0 spiro atoms. The largest absolute Gasteiger partial charge is 0.378 e. The maximum Gasteiger partial charge on any atom is 0.320 e. The Balaban J connectivity index is 1.31. The highest BCUT2D eigenvalue weighted by Crippen LogP contribution is 2.19. The van der Waals surface area contributed by atoms with E-state index in [1.54, 1.807) is 0 Å². The number of carbonyl (C=O) groups excluding carboxylic acids is 2. The number of ether oxygens (including phenoxy) is 1. The summed E-state index contributed by atoms with van der Waals surface area (Å²) in [7, 11) is 0. The molecule has 0 unspecified atom stereocenters. The first-order chi connectivity index (χ1) is 12.7. The normalized spacial score (nSPS) is 22.1. The summed E-state index contributed by atoms with van der Waals surface area (Å²) >= 11 is 0. The van der Waals surface area contributed by atoms with E-state index < -0.39 is 0 Å². The van der Waals surface area contributed by atoms with Gasteiger partial charge >= 0.3 is 6.03 Å². The maximum absolute atomic E-state index is 12.5. The van der Waals surface area contributed by atoms with Crippen molar-refractivity contribution in [1.29, 1.82) is 0 Å². The van der Waals surface area contributed by atoms with Crippen LogP contribution >= 0.6 is 0 Å². The van der Waals surface area contributed by atoms with E-state index in [1.165, 1.54) is 31.3 Å². The number of rotatable bonds is 5. The molecular formula is C19H32N4O3. The lowest BCUT2D eigenvalue weighted by Gasteiger charge is -2.38. The monoisotopic (exact) mass is 364 g/mol. The third kappa shape index (κ3) is 5.71. The third-order valence-corrected chi connectivity index (χ3v) is 5.44. The molecule has 0 radical (unpaired) electrons. The molecule has 1 N–H and O–H groups in total. The summed E-state index contributed by atoms with van der Waals surface area (Å²) < 4.78 is 5.30. The lowest BCUT2D eigenvalue weighted by atomic mass is 9.97. The number of amides is 3. The minimum absolute atomic E-state index is 0.0920. The van der Waals surface area contributed by atoms with Crippen molar-refractivity contribution in [3.63, 3.8) is 0 Å². The zero-order valence-corrected chi connectivity index (χ0v) is 15.8. The fourth-order valence-electron chi connectivity index (χ4n) is 3.81. The molecule has 146 valence electrons. The van der Waals surface area contributed by atoms with Crippen LogP contribution in [0.3, 0.4) is 0 Å². The van der Waals surface area contributed by atoms with Crippen molar-refractivity contribution in [2.24, 2.45) is 0 Å². The van der Waals surface area contributed by atoms with Crippen LogP contribution in [0.5, 0.6) is 0 Å². The third-order valence-electron chi connectivity index (χ3n) is 5.44. The molecule has 0 saturated carbocycles. The highest BCUT2D eigenvalue weighted by Gasteiger charge is 2.26. The molecule has 3 rings (SSSR count). The molecule has 3 amide bonds. The van der Waals surface area contributed by atoms with Gasteiger partial charge in [0.2, 0.25) is 5.91 Å². The lowest BCUT2D eigenvalue weighted by molar-refractivity contribution is -0.122. The zero-order chi connectivity index (χ0) is 18.2. The van der Waals surface area contributed by atoms with Gasteiger partial charge in [0.05, 0.1) is 19.8 Å². The molecule has 0 aromatic heterocycles. The average molecular weight is 364 g/mol. The van der Waals surface area contributed by atoms with Crippen LogP contribution in [0.4, 0.5) is 4.79 Å². The van der Waals surface area contributed by atoms with Crippen molar-refractivity contribution in [3.8, 4) is 0 Å². The van der Waals surface area contributed by atoms with Gasteiger partial charge in [-0.25, -0.2) is 4.79 Å². The van der Waals surface area contributed by atoms with Crippen LogP contribution < -0.4 is 5.32 Å². The zero-order valence-electron chi connectivity index (χ0n) is 15.8. The number of nitrogens with zero attached hydrogens (tertiary/aromatic N) is 3. The van der Waals surface area contributed by atoms with Crippen LogP contribution in [0.25, 0.3) is 0 Å². The van der Waals surface area contributed by atoms with E-state index in [0.29, 0.717) is 45.9 Å². The van der Waals surface area contributed by atoms with E-state index >= 15 is 0 Å². The maximum atomic E-state index is 12.5. The molecule has 0 aromatic rings. The Kier molecular flexibility index (Phi) is 7.32.